The van der Waals surface area contributed by atoms with Gasteiger partial charge in [0, 0.05) is 18.9 Å². The van der Waals surface area contributed by atoms with E-state index in [0.29, 0.717) is 12.5 Å². The Bertz CT molecular complexity index is 440. The fraction of sp³-hybridized carbons (Fsp3) is 0.533. The number of carbonyl (C=O) groups is 1. The zero-order valence-corrected chi connectivity index (χ0v) is 11.4. The maximum atomic E-state index is 11.2. The van der Waals surface area contributed by atoms with Crippen molar-refractivity contribution in [1.82, 2.24) is 4.90 Å². The minimum Gasteiger partial charge on any atom is -0.493 e. The van der Waals surface area contributed by atoms with Gasteiger partial charge in [-0.1, -0.05) is 12.1 Å². The van der Waals surface area contributed by atoms with E-state index in [1.54, 1.807) is 6.92 Å². The molecule has 1 heterocycles. The molecule has 1 aromatic carbocycles. The predicted octanol–water partition coefficient (Wildman–Crippen LogP) is 2.59. The molecule has 0 bridgehead atoms. The van der Waals surface area contributed by atoms with Crippen molar-refractivity contribution < 1.29 is 9.53 Å². The molecule has 0 spiro atoms. The molecule has 0 saturated carbocycles. The molecule has 0 N–H and O–H groups in total. The Morgan fingerprint density at radius 3 is 2.89 bits per heavy atom. The van der Waals surface area contributed by atoms with Crippen LogP contribution in [0.1, 0.15) is 36.9 Å². The average molecular weight is 247 g/mol. The molecule has 1 unspecified atom stereocenters. The normalized spacial score (nSPS) is 15.3. The van der Waals surface area contributed by atoms with Crippen molar-refractivity contribution in [3.05, 3.63) is 29.3 Å². The minimum absolute atomic E-state index is 0.256. The molecule has 1 aliphatic heterocycles. The first-order valence-corrected chi connectivity index (χ1v) is 6.49. The van der Waals surface area contributed by atoms with Crippen molar-refractivity contribution in [2.75, 3.05) is 20.7 Å². The fourth-order valence-corrected chi connectivity index (χ4v) is 2.48. The van der Waals surface area contributed by atoms with Crippen LogP contribution in [0.15, 0.2) is 18.2 Å². The van der Waals surface area contributed by atoms with Gasteiger partial charge in [-0.25, -0.2) is 0 Å². The standard InChI is InChI=1S/C15H21NO2/c1-11(17)4-6-14(16(2)3)12-5-7-15-13(10-12)8-9-18-15/h5,7,10,14H,4,6,8-9H2,1-3H3. The van der Waals surface area contributed by atoms with E-state index in [1.807, 2.05) is 0 Å². The van der Waals surface area contributed by atoms with Gasteiger partial charge in [-0.05, 0) is 44.6 Å². The molecule has 1 atom stereocenters. The molecule has 18 heavy (non-hydrogen) atoms. The lowest BCUT2D eigenvalue weighted by Crippen LogP contribution is -2.20. The number of carbonyl (C=O) groups excluding carboxylic acids is 1. The summed E-state index contributed by atoms with van der Waals surface area (Å²) < 4.78 is 5.52. The highest BCUT2D eigenvalue weighted by Crippen LogP contribution is 2.31. The first-order chi connectivity index (χ1) is 8.58. The Labute approximate surface area is 109 Å². The van der Waals surface area contributed by atoms with E-state index in [1.165, 1.54) is 11.1 Å². The SMILES string of the molecule is CC(=O)CCC(c1ccc2c(c1)CCO2)N(C)C. The Morgan fingerprint density at radius 2 is 2.22 bits per heavy atom. The monoisotopic (exact) mass is 247 g/mol. The zero-order valence-electron chi connectivity index (χ0n) is 11.4. The summed E-state index contributed by atoms with van der Waals surface area (Å²) in [6.45, 7) is 2.45. The van der Waals surface area contributed by atoms with Gasteiger partial charge in [0.1, 0.15) is 11.5 Å². The van der Waals surface area contributed by atoms with Crippen LogP contribution in [0.4, 0.5) is 0 Å². The van der Waals surface area contributed by atoms with Gasteiger partial charge >= 0.3 is 0 Å². The summed E-state index contributed by atoms with van der Waals surface area (Å²) in [6, 6.07) is 6.71. The molecule has 0 aromatic heterocycles. The molecule has 3 nitrogen and oxygen atoms in total. The van der Waals surface area contributed by atoms with Crippen LogP contribution >= 0.6 is 0 Å². The summed E-state index contributed by atoms with van der Waals surface area (Å²) >= 11 is 0. The Morgan fingerprint density at radius 1 is 1.44 bits per heavy atom. The molecule has 0 saturated heterocycles. The van der Waals surface area contributed by atoms with Crippen LogP contribution in [-0.2, 0) is 11.2 Å². The highest BCUT2D eigenvalue weighted by Gasteiger charge is 2.18. The highest BCUT2D eigenvalue weighted by atomic mass is 16.5. The highest BCUT2D eigenvalue weighted by molar-refractivity contribution is 5.75. The minimum atomic E-state index is 0.256. The lowest BCUT2D eigenvalue weighted by Gasteiger charge is -2.24. The summed E-state index contributed by atoms with van der Waals surface area (Å²) in [5.41, 5.74) is 2.58. The number of ketones is 1. The molecular formula is C15H21NO2. The van der Waals surface area contributed by atoms with E-state index >= 15 is 0 Å². The number of Topliss-reactive ketones (excluding diaryl/α,β-unsaturated/α-hetero) is 1. The van der Waals surface area contributed by atoms with Gasteiger partial charge in [0.25, 0.3) is 0 Å². The third kappa shape index (κ3) is 2.91. The first kappa shape index (κ1) is 13.1. The van der Waals surface area contributed by atoms with Crippen LogP contribution in [0.5, 0.6) is 5.75 Å². The van der Waals surface area contributed by atoms with Crippen molar-refractivity contribution in [2.45, 2.75) is 32.2 Å². The molecule has 1 aromatic rings. The Hall–Kier alpha value is -1.35. The lowest BCUT2D eigenvalue weighted by molar-refractivity contribution is -0.117. The molecule has 0 amide bonds. The Balaban J connectivity index is 2.17. The predicted molar refractivity (Wildman–Crippen MR) is 72.0 cm³/mol. The molecule has 2 rings (SSSR count). The van der Waals surface area contributed by atoms with E-state index in [4.69, 9.17) is 4.74 Å². The van der Waals surface area contributed by atoms with E-state index < -0.39 is 0 Å². The van der Waals surface area contributed by atoms with Crippen molar-refractivity contribution in [1.29, 1.82) is 0 Å². The summed E-state index contributed by atoms with van der Waals surface area (Å²) in [7, 11) is 4.13. The molecule has 0 radical (unpaired) electrons. The van der Waals surface area contributed by atoms with Crippen molar-refractivity contribution in [3.8, 4) is 5.75 Å². The van der Waals surface area contributed by atoms with Crippen LogP contribution in [0, 0.1) is 0 Å². The molecular weight excluding hydrogens is 226 g/mol. The van der Waals surface area contributed by atoms with E-state index in [0.717, 1.165) is 25.2 Å². The maximum absolute atomic E-state index is 11.2. The molecule has 3 heteroatoms. The van der Waals surface area contributed by atoms with Crippen molar-refractivity contribution in [3.63, 3.8) is 0 Å². The van der Waals surface area contributed by atoms with Gasteiger partial charge in [-0.3, -0.25) is 0 Å². The molecule has 0 fully saturated rings. The second-order valence-corrected chi connectivity index (χ2v) is 5.19. The number of rotatable bonds is 5. The maximum Gasteiger partial charge on any atom is 0.129 e. The third-order valence-corrected chi connectivity index (χ3v) is 3.49. The number of fused-ring (bicyclic) bond motifs is 1. The lowest BCUT2D eigenvalue weighted by atomic mass is 9.97. The van der Waals surface area contributed by atoms with Crippen LogP contribution in [0.25, 0.3) is 0 Å². The largest absolute Gasteiger partial charge is 0.493 e. The number of ether oxygens (including phenoxy) is 1. The number of hydrogen-bond acceptors (Lipinski definition) is 3. The first-order valence-electron chi connectivity index (χ1n) is 6.49. The summed E-state index contributed by atoms with van der Waals surface area (Å²) in [5.74, 6) is 1.27. The van der Waals surface area contributed by atoms with Gasteiger partial charge < -0.3 is 14.4 Å². The van der Waals surface area contributed by atoms with Gasteiger partial charge in [-0.2, -0.15) is 0 Å². The number of nitrogens with zero attached hydrogens (tertiary/aromatic N) is 1. The van der Waals surface area contributed by atoms with Gasteiger partial charge in [0.2, 0.25) is 0 Å². The second-order valence-electron chi connectivity index (χ2n) is 5.19. The van der Waals surface area contributed by atoms with Gasteiger partial charge in [0.05, 0.1) is 6.61 Å². The van der Waals surface area contributed by atoms with E-state index in [-0.39, 0.29) is 5.78 Å². The summed E-state index contributed by atoms with van der Waals surface area (Å²) in [5, 5.41) is 0. The molecule has 98 valence electrons. The third-order valence-electron chi connectivity index (χ3n) is 3.49. The topological polar surface area (TPSA) is 29.5 Å². The average Bonchev–Trinajstić information content (AvgIpc) is 2.75. The molecule has 1 aliphatic rings. The van der Waals surface area contributed by atoms with E-state index in [2.05, 4.69) is 37.2 Å². The fourth-order valence-electron chi connectivity index (χ4n) is 2.48. The van der Waals surface area contributed by atoms with Crippen LogP contribution in [0.2, 0.25) is 0 Å². The second kappa shape index (κ2) is 5.53. The van der Waals surface area contributed by atoms with Crippen molar-refractivity contribution >= 4 is 5.78 Å². The zero-order chi connectivity index (χ0) is 13.1. The van der Waals surface area contributed by atoms with Gasteiger partial charge in [0.15, 0.2) is 0 Å². The van der Waals surface area contributed by atoms with Crippen LogP contribution < -0.4 is 4.74 Å². The smallest absolute Gasteiger partial charge is 0.129 e. The van der Waals surface area contributed by atoms with Crippen molar-refractivity contribution in [2.24, 2.45) is 0 Å². The van der Waals surface area contributed by atoms with Crippen LogP contribution in [0.3, 0.4) is 0 Å². The van der Waals surface area contributed by atoms with E-state index in [9.17, 15) is 4.79 Å². The Kier molecular flexibility index (Phi) is 4.02. The summed E-state index contributed by atoms with van der Waals surface area (Å²) in [4.78, 5) is 13.3. The summed E-state index contributed by atoms with van der Waals surface area (Å²) in [6.07, 6.45) is 2.51. The quantitative estimate of drug-likeness (QED) is 0.801. The molecule has 0 aliphatic carbocycles. The van der Waals surface area contributed by atoms with Gasteiger partial charge in [-0.15, -0.1) is 0 Å². The number of benzene rings is 1. The number of hydrogen-bond donors (Lipinski definition) is 0. The van der Waals surface area contributed by atoms with Crippen LogP contribution in [-0.4, -0.2) is 31.4 Å².